The van der Waals surface area contributed by atoms with Gasteiger partial charge in [-0.2, -0.15) is 0 Å². The van der Waals surface area contributed by atoms with E-state index in [0.29, 0.717) is 5.75 Å². The summed E-state index contributed by atoms with van der Waals surface area (Å²) < 4.78 is 0. The summed E-state index contributed by atoms with van der Waals surface area (Å²) >= 11 is 0. The molecule has 2 N–H and O–H groups in total. The lowest BCUT2D eigenvalue weighted by atomic mass is 10.0. The zero-order chi connectivity index (χ0) is 10.7. The number of phenols is 1. The summed E-state index contributed by atoms with van der Waals surface area (Å²) in [6.07, 6.45) is 1.37. The first kappa shape index (κ1) is 11.1. The third-order valence-electron chi connectivity index (χ3n) is 2.40. The number of phenolic OH excluding ortho intramolecular Hbond substituents is 1. The smallest absolute Gasteiger partial charge is 0.121 e. The van der Waals surface area contributed by atoms with Gasteiger partial charge in [0.25, 0.3) is 0 Å². The SMILES string of the molecule is Cc1cc(CCC(C)O)cc(C)c1O. The summed E-state index contributed by atoms with van der Waals surface area (Å²) in [5, 5.41) is 18.7. The van der Waals surface area contributed by atoms with Crippen molar-refractivity contribution in [3.63, 3.8) is 0 Å². The van der Waals surface area contributed by atoms with Crippen LogP contribution in [-0.4, -0.2) is 16.3 Å². The Labute approximate surface area is 85.2 Å². The molecule has 14 heavy (non-hydrogen) atoms. The molecule has 0 spiro atoms. The Bertz CT molecular complexity index is 293. The summed E-state index contributed by atoms with van der Waals surface area (Å²) in [5.74, 6) is 0.380. The second-order valence-electron chi connectivity index (χ2n) is 3.97. The molecular weight excluding hydrogens is 176 g/mol. The van der Waals surface area contributed by atoms with Crippen LogP contribution in [0.2, 0.25) is 0 Å². The predicted octanol–water partition coefficient (Wildman–Crippen LogP) is 2.32. The Balaban J connectivity index is 2.79. The molecule has 0 aliphatic rings. The first-order chi connectivity index (χ1) is 6.50. The monoisotopic (exact) mass is 194 g/mol. The number of aryl methyl sites for hydroxylation is 3. The number of aliphatic hydroxyl groups is 1. The Hall–Kier alpha value is -1.02. The molecule has 0 amide bonds. The van der Waals surface area contributed by atoms with E-state index in [9.17, 15) is 5.11 Å². The summed E-state index contributed by atoms with van der Waals surface area (Å²) in [6.45, 7) is 5.59. The van der Waals surface area contributed by atoms with Crippen LogP contribution >= 0.6 is 0 Å². The van der Waals surface area contributed by atoms with E-state index in [2.05, 4.69) is 0 Å². The molecule has 0 aliphatic heterocycles. The van der Waals surface area contributed by atoms with Crippen LogP contribution in [0.25, 0.3) is 0 Å². The molecule has 2 heteroatoms. The Morgan fingerprint density at radius 2 is 1.71 bits per heavy atom. The van der Waals surface area contributed by atoms with E-state index in [0.717, 1.165) is 24.0 Å². The van der Waals surface area contributed by atoms with E-state index in [1.165, 1.54) is 5.56 Å². The van der Waals surface area contributed by atoms with Crippen molar-refractivity contribution in [3.8, 4) is 5.75 Å². The van der Waals surface area contributed by atoms with E-state index < -0.39 is 0 Å². The molecule has 78 valence electrons. The molecule has 1 aromatic rings. The van der Waals surface area contributed by atoms with Gasteiger partial charge in [-0.05, 0) is 50.3 Å². The van der Waals surface area contributed by atoms with Gasteiger partial charge in [-0.15, -0.1) is 0 Å². The fourth-order valence-corrected chi connectivity index (χ4v) is 1.57. The van der Waals surface area contributed by atoms with Gasteiger partial charge in [0.05, 0.1) is 6.10 Å². The molecule has 1 aromatic carbocycles. The number of hydrogen-bond acceptors (Lipinski definition) is 2. The van der Waals surface area contributed by atoms with Crippen molar-refractivity contribution in [2.24, 2.45) is 0 Å². The first-order valence-corrected chi connectivity index (χ1v) is 4.98. The highest BCUT2D eigenvalue weighted by molar-refractivity contribution is 5.42. The van der Waals surface area contributed by atoms with Crippen LogP contribution in [0.1, 0.15) is 30.0 Å². The topological polar surface area (TPSA) is 40.5 Å². The van der Waals surface area contributed by atoms with Crippen molar-refractivity contribution < 1.29 is 10.2 Å². The summed E-state index contributed by atoms with van der Waals surface area (Å²) in [6, 6.07) is 3.95. The van der Waals surface area contributed by atoms with Crippen molar-refractivity contribution in [1.29, 1.82) is 0 Å². The second kappa shape index (κ2) is 4.47. The van der Waals surface area contributed by atoms with E-state index in [-0.39, 0.29) is 6.10 Å². The van der Waals surface area contributed by atoms with Crippen LogP contribution in [0.4, 0.5) is 0 Å². The number of benzene rings is 1. The Morgan fingerprint density at radius 1 is 1.21 bits per heavy atom. The molecule has 0 aromatic heterocycles. The lowest BCUT2D eigenvalue weighted by Crippen LogP contribution is -2.01. The lowest BCUT2D eigenvalue weighted by Gasteiger charge is -2.08. The Morgan fingerprint density at radius 3 is 2.14 bits per heavy atom. The summed E-state index contributed by atoms with van der Waals surface area (Å²) in [7, 11) is 0. The number of hydrogen-bond donors (Lipinski definition) is 2. The highest BCUT2D eigenvalue weighted by Gasteiger charge is 2.04. The molecule has 0 heterocycles. The van der Waals surface area contributed by atoms with Gasteiger partial charge in [0.1, 0.15) is 5.75 Å². The fraction of sp³-hybridized carbons (Fsp3) is 0.500. The number of rotatable bonds is 3. The van der Waals surface area contributed by atoms with Gasteiger partial charge >= 0.3 is 0 Å². The van der Waals surface area contributed by atoms with Crippen LogP contribution in [0, 0.1) is 13.8 Å². The standard InChI is InChI=1S/C12H18O2/c1-8-6-11(5-4-10(3)13)7-9(2)12(8)14/h6-7,10,13-14H,4-5H2,1-3H3. The van der Waals surface area contributed by atoms with Gasteiger partial charge in [0.15, 0.2) is 0 Å². The zero-order valence-electron chi connectivity index (χ0n) is 9.04. The molecule has 0 saturated heterocycles. The molecule has 0 radical (unpaired) electrons. The molecule has 0 saturated carbocycles. The quantitative estimate of drug-likeness (QED) is 0.775. The van der Waals surface area contributed by atoms with Crippen LogP contribution < -0.4 is 0 Å². The molecule has 1 unspecified atom stereocenters. The van der Waals surface area contributed by atoms with Crippen molar-refractivity contribution in [1.82, 2.24) is 0 Å². The van der Waals surface area contributed by atoms with Gasteiger partial charge in [0, 0.05) is 0 Å². The van der Waals surface area contributed by atoms with Crippen LogP contribution in [0.5, 0.6) is 5.75 Å². The highest BCUT2D eigenvalue weighted by Crippen LogP contribution is 2.23. The highest BCUT2D eigenvalue weighted by atomic mass is 16.3. The number of aromatic hydroxyl groups is 1. The van der Waals surface area contributed by atoms with Gasteiger partial charge in [0.2, 0.25) is 0 Å². The molecule has 0 fully saturated rings. The van der Waals surface area contributed by atoms with Crippen molar-refractivity contribution in [2.45, 2.75) is 39.7 Å². The fourth-order valence-electron chi connectivity index (χ4n) is 1.57. The van der Waals surface area contributed by atoms with Crippen molar-refractivity contribution >= 4 is 0 Å². The van der Waals surface area contributed by atoms with Gasteiger partial charge in [-0.3, -0.25) is 0 Å². The van der Waals surface area contributed by atoms with Crippen molar-refractivity contribution in [2.75, 3.05) is 0 Å². The minimum absolute atomic E-state index is 0.260. The maximum Gasteiger partial charge on any atom is 0.121 e. The zero-order valence-corrected chi connectivity index (χ0v) is 9.04. The summed E-state index contributed by atoms with van der Waals surface area (Å²) in [5.41, 5.74) is 3.00. The molecule has 1 atom stereocenters. The van der Waals surface area contributed by atoms with Crippen LogP contribution in [0.15, 0.2) is 12.1 Å². The molecule has 2 nitrogen and oxygen atoms in total. The predicted molar refractivity (Wildman–Crippen MR) is 57.6 cm³/mol. The van der Waals surface area contributed by atoms with E-state index in [4.69, 9.17) is 5.11 Å². The molecule has 0 aliphatic carbocycles. The van der Waals surface area contributed by atoms with Crippen LogP contribution in [-0.2, 0) is 6.42 Å². The van der Waals surface area contributed by atoms with Gasteiger partial charge in [-0.1, -0.05) is 12.1 Å². The maximum atomic E-state index is 9.56. The normalized spacial score (nSPS) is 12.9. The average molecular weight is 194 g/mol. The average Bonchev–Trinajstić information content (AvgIpc) is 2.10. The molecular formula is C12H18O2. The molecule has 0 bridgehead atoms. The van der Waals surface area contributed by atoms with E-state index in [1.807, 2.05) is 26.0 Å². The van der Waals surface area contributed by atoms with Gasteiger partial charge < -0.3 is 10.2 Å². The second-order valence-corrected chi connectivity index (χ2v) is 3.97. The third-order valence-corrected chi connectivity index (χ3v) is 2.40. The largest absolute Gasteiger partial charge is 0.507 e. The molecule has 1 rings (SSSR count). The van der Waals surface area contributed by atoms with E-state index in [1.54, 1.807) is 6.92 Å². The minimum atomic E-state index is -0.260. The van der Waals surface area contributed by atoms with E-state index >= 15 is 0 Å². The number of aliphatic hydroxyl groups excluding tert-OH is 1. The van der Waals surface area contributed by atoms with Gasteiger partial charge in [-0.25, -0.2) is 0 Å². The Kier molecular flexibility index (Phi) is 3.53. The first-order valence-electron chi connectivity index (χ1n) is 4.98. The minimum Gasteiger partial charge on any atom is -0.507 e. The lowest BCUT2D eigenvalue weighted by molar-refractivity contribution is 0.185. The summed E-state index contributed by atoms with van der Waals surface area (Å²) in [4.78, 5) is 0. The van der Waals surface area contributed by atoms with Crippen LogP contribution in [0.3, 0.4) is 0 Å². The van der Waals surface area contributed by atoms with Crippen molar-refractivity contribution in [3.05, 3.63) is 28.8 Å². The maximum absolute atomic E-state index is 9.56. The third kappa shape index (κ3) is 2.74.